The number of nitrogens with zero attached hydrogens (tertiary/aromatic N) is 2. The van der Waals surface area contributed by atoms with E-state index in [0.29, 0.717) is 12.3 Å². The second kappa shape index (κ2) is 11.1. The minimum Gasteiger partial charge on any atom is -0.481 e. The molecule has 3 aliphatic rings. The van der Waals surface area contributed by atoms with Gasteiger partial charge < -0.3 is 19.7 Å². The lowest BCUT2D eigenvalue weighted by Gasteiger charge is -2.33. The normalized spacial score (nSPS) is 24.0. The summed E-state index contributed by atoms with van der Waals surface area (Å²) in [4.78, 5) is 29.4. The molecule has 1 aromatic carbocycles. The fourth-order valence-electron chi connectivity index (χ4n) is 5.04. The lowest BCUT2D eigenvalue weighted by atomic mass is 9.79. The molecule has 32 heavy (non-hydrogen) atoms. The number of fused-ring (bicyclic) bond motifs is 1. The smallest absolute Gasteiger partial charge is 0.265 e. The molecule has 0 atom stereocenters. The zero-order valence-electron chi connectivity index (χ0n) is 19.3. The van der Waals surface area contributed by atoms with Crippen LogP contribution in [0, 0.1) is 11.8 Å². The number of morpholine rings is 1. The summed E-state index contributed by atoms with van der Waals surface area (Å²) in [7, 11) is 0. The van der Waals surface area contributed by atoms with Gasteiger partial charge in [0.1, 0.15) is 5.75 Å². The Balaban J connectivity index is 1.33. The molecule has 0 unspecified atom stereocenters. The largest absolute Gasteiger partial charge is 0.481 e. The highest BCUT2D eigenvalue weighted by Gasteiger charge is 2.28. The van der Waals surface area contributed by atoms with Crippen LogP contribution in [0.5, 0.6) is 5.75 Å². The van der Waals surface area contributed by atoms with Gasteiger partial charge in [-0.2, -0.15) is 0 Å². The number of nitrogens with one attached hydrogen (secondary N) is 1. The predicted octanol–water partition coefficient (Wildman–Crippen LogP) is 3.68. The van der Waals surface area contributed by atoms with Crippen molar-refractivity contribution in [2.45, 2.75) is 51.9 Å². The van der Waals surface area contributed by atoms with Gasteiger partial charge >= 0.3 is 0 Å². The number of hydrogen-bond acceptors (Lipinski definition) is 5. The molecule has 0 spiro atoms. The van der Waals surface area contributed by atoms with Gasteiger partial charge in [-0.15, -0.1) is 0 Å². The van der Waals surface area contributed by atoms with Gasteiger partial charge in [0.2, 0.25) is 5.91 Å². The van der Waals surface area contributed by atoms with E-state index < -0.39 is 0 Å². The fourth-order valence-corrected chi connectivity index (χ4v) is 5.04. The Morgan fingerprint density at radius 1 is 1.12 bits per heavy atom. The van der Waals surface area contributed by atoms with Gasteiger partial charge in [0.05, 0.1) is 18.9 Å². The van der Waals surface area contributed by atoms with Gasteiger partial charge in [-0.1, -0.05) is 26.2 Å². The van der Waals surface area contributed by atoms with Crippen LogP contribution in [-0.2, 0) is 14.3 Å². The van der Waals surface area contributed by atoms with Crippen molar-refractivity contribution in [3.63, 3.8) is 0 Å². The number of carbonyl (C=O) groups excluding carboxylic acids is 2. The van der Waals surface area contributed by atoms with E-state index in [9.17, 15) is 9.59 Å². The summed E-state index contributed by atoms with van der Waals surface area (Å²) in [5.74, 6) is 1.62. The van der Waals surface area contributed by atoms with Gasteiger partial charge in [-0.25, -0.2) is 0 Å². The first-order valence-corrected chi connectivity index (χ1v) is 12.3. The molecular formula is C25H37N3O4. The standard InChI is InChI=1S/C25H37N3O4/c1-2-3-4-19-5-7-20(8-6-19)25(30)26-21-9-10-22-23(17-21)32-18-24(29)28(22)12-11-27-13-15-31-16-14-27/h9-10,17,19-20H,2-8,11-16,18H2,1H3,(H,26,30). The van der Waals surface area contributed by atoms with Crippen molar-refractivity contribution in [3.8, 4) is 5.75 Å². The van der Waals surface area contributed by atoms with E-state index in [0.717, 1.165) is 75.8 Å². The Morgan fingerprint density at radius 2 is 1.91 bits per heavy atom. The van der Waals surface area contributed by atoms with E-state index >= 15 is 0 Å². The number of ether oxygens (including phenoxy) is 2. The summed E-state index contributed by atoms with van der Waals surface area (Å²) in [6, 6.07) is 5.63. The van der Waals surface area contributed by atoms with E-state index in [1.807, 2.05) is 18.2 Å². The lowest BCUT2D eigenvalue weighted by molar-refractivity contribution is -0.122. The van der Waals surface area contributed by atoms with Gasteiger partial charge in [-0.3, -0.25) is 14.5 Å². The second-order valence-electron chi connectivity index (χ2n) is 9.32. The van der Waals surface area contributed by atoms with E-state index in [-0.39, 0.29) is 24.3 Å². The van der Waals surface area contributed by atoms with E-state index in [4.69, 9.17) is 9.47 Å². The zero-order chi connectivity index (χ0) is 22.3. The third kappa shape index (κ3) is 5.81. The van der Waals surface area contributed by atoms with Crippen LogP contribution in [0.1, 0.15) is 51.9 Å². The number of anilines is 2. The van der Waals surface area contributed by atoms with Crippen molar-refractivity contribution in [1.82, 2.24) is 4.90 Å². The highest BCUT2D eigenvalue weighted by atomic mass is 16.5. The van der Waals surface area contributed by atoms with Gasteiger partial charge in [-0.05, 0) is 43.7 Å². The molecule has 4 rings (SSSR count). The first kappa shape index (κ1) is 23.1. The minimum atomic E-state index is -0.0256. The van der Waals surface area contributed by atoms with Crippen molar-refractivity contribution in [2.75, 3.05) is 56.2 Å². The molecule has 7 heteroatoms. The highest BCUT2D eigenvalue weighted by Crippen LogP contribution is 2.36. The van der Waals surface area contributed by atoms with Crippen LogP contribution < -0.4 is 15.0 Å². The van der Waals surface area contributed by atoms with Crippen molar-refractivity contribution < 1.29 is 19.1 Å². The fraction of sp³-hybridized carbons (Fsp3) is 0.680. The molecule has 2 aliphatic heterocycles. The number of amides is 2. The van der Waals surface area contributed by atoms with Crippen LogP contribution >= 0.6 is 0 Å². The summed E-state index contributed by atoms with van der Waals surface area (Å²) in [6.07, 6.45) is 8.11. The molecule has 1 saturated heterocycles. The molecular weight excluding hydrogens is 406 g/mol. The molecule has 7 nitrogen and oxygen atoms in total. The molecule has 0 aromatic heterocycles. The third-order valence-electron chi connectivity index (χ3n) is 7.10. The maximum absolute atomic E-state index is 12.8. The van der Waals surface area contributed by atoms with Crippen LogP contribution in [0.4, 0.5) is 11.4 Å². The van der Waals surface area contributed by atoms with Gasteiger partial charge in [0, 0.05) is 43.9 Å². The summed E-state index contributed by atoms with van der Waals surface area (Å²) in [5.41, 5.74) is 1.52. The number of hydrogen-bond donors (Lipinski definition) is 1. The predicted molar refractivity (Wildman–Crippen MR) is 125 cm³/mol. The molecule has 1 aromatic rings. The number of unbranched alkanes of at least 4 members (excludes halogenated alkanes) is 1. The molecule has 1 aliphatic carbocycles. The monoisotopic (exact) mass is 443 g/mol. The maximum Gasteiger partial charge on any atom is 0.265 e. The number of benzene rings is 1. The highest BCUT2D eigenvalue weighted by molar-refractivity contribution is 5.99. The third-order valence-corrected chi connectivity index (χ3v) is 7.10. The molecule has 0 radical (unpaired) electrons. The summed E-state index contributed by atoms with van der Waals surface area (Å²) in [6.45, 7) is 7.01. The van der Waals surface area contributed by atoms with Crippen molar-refractivity contribution in [2.24, 2.45) is 11.8 Å². The topological polar surface area (TPSA) is 71.1 Å². The molecule has 2 amide bonds. The maximum atomic E-state index is 12.8. The quantitative estimate of drug-likeness (QED) is 0.664. The van der Waals surface area contributed by atoms with E-state index in [1.165, 1.54) is 19.3 Å². The summed E-state index contributed by atoms with van der Waals surface area (Å²) in [5, 5.41) is 3.09. The van der Waals surface area contributed by atoms with Crippen LogP contribution in [0.3, 0.4) is 0 Å². The molecule has 2 fully saturated rings. The SMILES string of the molecule is CCCCC1CCC(C(=O)Nc2ccc3c(c2)OCC(=O)N3CCN2CCOCC2)CC1. The Bertz CT molecular complexity index is 785. The van der Waals surface area contributed by atoms with Crippen LogP contribution in [-0.4, -0.2) is 62.7 Å². The molecule has 2 heterocycles. The first-order valence-electron chi connectivity index (χ1n) is 12.3. The van der Waals surface area contributed by atoms with Gasteiger partial charge in [0.15, 0.2) is 6.61 Å². The second-order valence-corrected chi connectivity index (χ2v) is 9.32. The van der Waals surface area contributed by atoms with Crippen molar-refractivity contribution >= 4 is 23.2 Å². The van der Waals surface area contributed by atoms with E-state index in [2.05, 4.69) is 17.1 Å². The number of rotatable bonds is 8. The van der Waals surface area contributed by atoms with Crippen LogP contribution in [0.25, 0.3) is 0 Å². The average molecular weight is 444 g/mol. The number of carbonyl (C=O) groups is 2. The summed E-state index contributed by atoms with van der Waals surface area (Å²) >= 11 is 0. The van der Waals surface area contributed by atoms with Crippen molar-refractivity contribution in [3.05, 3.63) is 18.2 Å². The van der Waals surface area contributed by atoms with Gasteiger partial charge in [0.25, 0.3) is 5.91 Å². The lowest BCUT2D eigenvalue weighted by Crippen LogP contribution is -2.45. The Hall–Kier alpha value is -2.12. The molecule has 1 N–H and O–H groups in total. The average Bonchev–Trinajstić information content (AvgIpc) is 2.83. The van der Waals surface area contributed by atoms with Crippen LogP contribution in [0.2, 0.25) is 0 Å². The molecule has 176 valence electrons. The Kier molecular flexibility index (Phi) is 8.03. The van der Waals surface area contributed by atoms with Crippen molar-refractivity contribution in [1.29, 1.82) is 0 Å². The molecule has 0 bridgehead atoms. The Labute approximate surface area is 191 Å². The first-order chi connectivity index (χ1) is 15.6. The zero-order valence-corrected chi connectivity index (χ0v) is 19.3. The van der Waals surface area contributed by atoms with E-state index in [1.54, 1.807) is 4.90 Å². The summed E-state index contributed by atoms with van der Waals surface area (Å²) < 4.78 is 11.1. The van der Waals surface area contributed by atoms with Crippen LogP contribution in [0.15, 0.2) is 18.2 Å². The molecule has 1 saturated carbocycles. The minimum absolute atomic E-state index is 0.0256. The Morgan fingerprint density at radius 3 is 2.66 bits per heavy atom.